The Bertz CT molecular complexity index is 494. The zero-order valence-corrected chi connectivity index (χ0v) is 12.1. The van der Waals surface area contributed by atoms with Crippen molar-refractivity contribution < 1.29 is 32.2 Å². The molecule has 0 aliphatic rings. The zero-order chi connectivity index (χ0) is 17.0. The van der Waals surface area contributed by atoms with Gasteiger partial charge in [0.25, 0.3) is 5.91 Å². The van der Waals surface area contributed by atoms with Gasteiger partial charge in [0.15, 0.2) is 5.67 Å². The normalized spacial score (nSPS) is 13.6. The van der Waals surface area contributed by atoms with E-state index >= 15 is 0 Å². The molecule has 1 atom stereocenters. The number of hydrogen-bond acceptors (Lipinski definition) is 3. The van der Waals surface area contributed by atoms with Gasteiger partial charge in [-0.15, -0.1) is 0 Å². The Morgan fingerprint density at radius 2 is 1.77 bits per heavy atom. The molecule has 0 aliphatic heterocycles. The topological polar surface area (TPSA) is 58.6 Å². The lowest BCUT2D eigenvalue weighted by molar-refractivity contribution is -0.137. The summed E-state index contributed by atoms with van der Waals surface area (Å²) in [7, 11) is 0. The van der Waals surface area contributed by atoms with Crippen LogP contribution in [0, 0.1) is 0 Å². The lowest BCUT2D eigenvalue weighted by Gasteiger charge is -2.17. The number of carbonyl (C=O) groups excluding carboxylic acids is 1. The van der Waals surface area contributed by atoms with Crippen LogP contribution in [0.2, 0.25) is 0 Å². The minimum Gasteiger partial charge on any atom is -0.491 e. The molecule has 1 rings (SSSR count). The Balaban J connectivity index is 2.41. The predicted octanol–water partition coefficient (Wildman–Crippen LogP) is 2.31. The molecule has 0 saturated heterocycles. The van der Waals surface area contributed by atoms with Crippen LogP contribution in [0.3, 0.4) is 0 Å². The fourth-order valence-corrected chi connectivity index (χ4v) is 1.41. The second kappa shape index (κ2) is 6.95. The van der Waals surface area contributed by atoms with Crippen molar-refractivity contribution in [1.29, 1.82) is 0 Å². The van der Waals surface area contributed by atoms with E-state index in [2.05, 4.69) is 5.32 Å². The maximum absolute atomic E-state index is 13.2. The number of halogens is 4. The summed E-state index contributed by atoms with van der Waals surface area (Å²) in [5, 5.41) is 11.8. The molecule has 4 nitrogen and oxygen atoms in total. The van der Waals surface area contributed by atoms with Gasteiger partial charge < -0.3 is 15.2 Å². The average molecular weight is 323 g/mol. The van der Waals surface area contributed by atoms with E-state index in [1.165, 1.54) is 0 Å². The first-order valence-electron chi connectivity index (χ1n) is 6.45. The molecule has 0 bridgehead atoms. The van der Waals surface area contributed by atoms with E-state index in [0.29, 0.717) is 0 Å². The Morgan fingerprint density at radius 3 is 2.23 bits per heavy atom. The van der Waals surface area contributed by atoms with Crippen molar-refractivity contribution in [1.82, 2.24) is 5.32 Å². The molecule has 124 valence electrons. The number of amides is 1. The third kappa shape index (κ3) is 5.88. The summed E-state index contributed by atoms with van der Waals surface area (Å²) in [6.07, 6.45) is -5.55. The Labute approximate surface area is 125 Å². The Morgan fingerprint density at radius 1 is 1.23 bits per heavy atom. The van der Waals surface area contributed by atoms with Crippen molar-refractivity contribution >= 4 is 5.91 Å². The highest BCUT2D eigenvalue weighted by Crippen LogP contribution is 2.30. The average Bonchev–Trinajstić information content (AvgIpc) is 2.40. The number of aliphatic hydroxyl groups is 1. The van der Waals surface area contributed by atoms with Gasteiger partial charge in [0.2, 0.25) is 0 Å². The first-order valence-corrected chi connectivity index (χ1v) is 6.45. The highest BCUT2D eigenvalue weighted by atomic mass is 19.4. The summed E-state index contributed by atoms with van der Waals surface area (Å²) in [6, 6.07) is 3.96. The summed E-state index contributed by atoms with van der Waals surface area (Å²) in [5.74, 6) is -0.731. The van der Waals surface area contributed by atoms with Gasteiger partial charge in [-0.2, -0.15) is 13.2 Å². The van der Waals surface area contributed by atoms with Crippen LogP contribution in [0.5, 0.6) is 5.75 Å². The maximum atomic E-state index is 13.2. The monoisotopic (exact) mass is 323 g/mol. The summed E-state index contributed by atoms with van der Waals surface area (Å²) < 4.78 is 55.4. The number of hydrogen-bond donors (Lipinski definition) is 2. The standard InChI is InChI=1S/C14H17F4NO3/c1-13(2,15)12(21)19-7-10(20)8-22-11-5-3-9(4-6-11)14(16,17)18/h3-6,10,20H,7-8H2,1-2H3,(H,19,21). The molecular weight excluding hydrogens is 306 g/mol. The smallest absolute Gasteiger partial charge is 0.416 e. The lowest BCUT2D eigenvalue weighted by Crippen LogP contribution is -2.43. The van der Waals surface area contributed by atoms with E-state index in [1.54, 1.807) is 0 Å². The van der Waals surface area contributed by atoms with Crippen LogP contribution in [0.4, 0.5) is 17.6 Å². The van der Waals surface area contributed by atoms with Crippen LogP contribution in [0.25, 0.3) is 0 Å². The molecule has 0 saturated carbocycles. The van der Waals surface area contributed by atoms with E-state index in [0.717, 1.165) is 38.1 Å². The predicted molar refractivity (Wildman–Crippen MR) is 71.1 cm³/mol. The van der Waals surface area contributed by atoms with Crippen molar-refractivity contribution in [3.63, 3.8) is 0 Å². The van der Waals surface area contributed by atoms with Gasteiger partial charge >= 0.3 is 6.18 Å². The van der Waals surface area contributed by atoms with Gasteiger partial charge in [-0.05, 0) is 38.1 Å². The summed E-state index contributed by atoms with van der Waals surface area (Å²) >= 11 is 0. The number of ether oxygens (including phenoxy) is 1. The molecule has 0 spiro atoms. The number of benzene rings is 1. The summed E-state index contributed by atoms with van der Waals surface area (Å²) in [4.78, 5) is 11.2. The molecule has 0 aromatic heterocycles. The quantitative estimate of drug-likeness (QED) is 0.790. The largest absolute Gasteiger partial charge is 0.491 e. The van der Waals surface area contributed by atoms with Gasteiger partial charge in [-0.3, -0.25) is 4.79 Å². The number of rotatable bonds is 6. The van der Waals surface area contributed by atoms with E-state index in [-0.39, 0.29) is 18.9 Å². The lowest BCUT2D eigenvalue weighted by atomic mass is 10.1. The fourth-order valence-electron chi connectivity index (χ4n) is 1.41. The van der Waals surface area contributed by atoms with Crippen molar-refractivity contribution in [2.45, 2.75) is 31.8 Å². The SMILES string of the molecule is CC(C)(F)C(=O)NCC(O)COc1ccc(C(F)(F)F)cc1. The van der Waals surface area contributed by atoms with E-state index in [9.17, 15) is 27.5 Å². The molecule has 0 aliphatic carbocycles. The zero-order valence-electron chi connectivity index (χ0n) is 12.1. The number of alkyl halides is 4. The molecule has 22 heavy (non-hydrogen) atoms. The molecule has 2 N–H and O–H groups in total. The molecule has 1 aromatic rings. The molecule has 0 radical (unpaired) electrons. The third-order valence-electron chi connectivity index (χ3n) is 2.66. The minimum atomic E-state index is -4.43. The molecule has 0 heterocycles. The van der Waals surface area contributed by atoms with Gasteiger partial charge in [0.1, 0.15) is 18.5 Å². The highest BCUT2D eigenvalue weighted by molar-refractivity contribution is 5.84. The number of aliphatic hydroxyl groups excluding tert-OH is 1. The second-order valence-corrected chi connectivity index (χ2v) is 5.17. The van der Waals surface area contributed by atoms with Crippen LogP contribution in [0.1, 0.15) is 19.4 Å². The maximum Gasteiger partial charge on any atom is 0.416 e. The molecular formula is C14H17F4NO3. The van der Waals surface area contributed by atoms with Crippen LogP contribution < -0.4 is 10.1 Å². The first kappa shape index (κ1) is 18.2. The molecule has 1 amide bonds. The summed E-state index contributed by atoms with van der Waals surface area (Å²) in [6.45, 7) is 1.67. The van der Waals surface area contributed by atoms with Gasteiger partial charge in [0.05, 0.1) is 5.56 Å². The Kier molecular flexibility index (Phi) is 5.76. The van der Waals surface area contributed by atoms with Crippen molar-refractivity contribution in [2.24, 2.45) is 0 Å². The van der Waals surface area contributed by atoms with Crippen molar-refractivity contribution in [3.05, 3.63) is 29.8 Å². The van der Waals surface area contributed by atoms with Crippen LogP contribution in [-0.2, 0) is 11.0 Å². The number of carbonyl (C=O) groups is 1. The van der Waals surface area contributed by atoms with Gasteiger partial charge in [0, 0.05) is 6.54 Å². The van der Waals surface area contributed by atoms with E-state index in [4.69, 9.17) is 4.74 Å². The minimum absolute atomic E-state index is 0.143. The van der Waals surface area contributed by atoms with E-state index < -0.39 is 29.4 Å². The van der Waals surface area contributed by atoms with Crippen LogP contribution >= 0.6 is 0 Å². The first-order chi connectivity index (χ1) is 10.00. The van der Waals surface area contributed by atoms with Crippen molar-refractivity contribution in [2.75, 3.05) is 13.2 Å². The van der Waals surface area contributed by atoms with E-state index in [1.807, 2.05) is 0 Å². The van der Waals surface area contributed by atoms with Crippen LogP contribution in [0.15, 0.2) is 24.3 Å². The summed E-state index contributed by atoms with van der Waals surface area (Å²) in [5.41, 5.74) is -2.87. The van der Waals surface area contributed by atoms with Crippen molar-refractivity contribution in [3.8, 4) is 5.75 Å². The highest BCUT2D eigenvalue weighted by Gasteiger charge is 2.30. The molecule has 0 fully saturated rings. The molecule has 1 unspecified atom stereocenters. The van der Waals surface area contributed by atoms with Crippen LogP contribution in [-0.4, -0.2) is 35.9 Å². The fraction of sp³-hybridized carbons (Fsp3) is 0.500. The Hall–Kier alpha value is -1.83. The third-order valence-corrected chi connectivity index (χ3v) is 2.66. The molecule has 1 aromatic carbocycles. The number of nitrogens with one attached hydrogen (secondary N) is 1. The van der Waals surface area contributed by atoms with Gasteiger partial charge in [-0.25, -0.2) is 4.39 Å². The van der Waals surface area contributed by atoms with Gasteiger partial charge in [-0.1, -0.05) is 0 Å². The second-order valence-electron chi connectivity index (χ2n) is 5.17. The molecule has 8 heteroatoms.